The molecule has 0 radical (unpaired) electrons. The minimum absolute atomic E-state index is 0.0354. The fourth-order valence-corrected chi connectivity index (χ4v) is 3.66. The average Bonchev–Trinajstić information content (AvgIpc) is 2.66. The van der Waals surface area contributed by atoms with Gasteiger partial charge in [-0.25, -0.2) is 4.79 Å². The zero-order chi connectivity index (χ0) is 27.1. The quantitative estimate of drug-likeness (QED) is 0.489. The number of nitrogens with two attached hydrogens (primary N) is 1. The number of ether oxygens (including phenoxy) is 1. The Bertz CT molecular complexity index is 915. The zero-order valence-electron chi connectivity index (χ0n) is 22.5. The van der Waals surface area contributed by atoms with Gasteiger partial charge in [0.25, 0.3) is 0 Å². The molecule has 35 heavy (non-hydrogen) atoms. The summed E-state index contributed by atoms with van der Waals surface area (Å²) in [5.74, 6) is -1.47. The number of hydrogen-bond acceptors (Lipinski definition) is 5. The smallest absolute Gasteiger partial charge is 0.408 e. The van der Waals surface area contributed by atoms with Crippen LogP contribution in [0.1, 0.15) is 85.4 Å². The van der Waals surface area contributed by atoms with Crippen molar-refractivity contribution in [3.05, 3.63) is 35.4 Å². The monoisotopic (exact) mass is 490 g/mol. The van der Waals surface area contributed by atoms with Crippen molar-refractivity contribution >= 4 is 23.8 Å². The van der Waals surface area contributed by atoms with Crippen LogP contribution in [0.15, 0.2) is 24.3 Å². The van der Waals surface area contributed by atoms with E-state index < -0.39 is 41.1 Å². The van der Waals surface area contributed by atoms with E-state index in [2.05, 4.69) is 10.6 Å². The van der Waals surface area contributed by atoms with Gasteiger partial charge in [0.15, 0.2) is 0 Å². The summed E-state index contributed by atoms with van der Waals surface area (Å²) >= 11 is 0. The first-order valence-electron chi connectivity index (χ1n) is 11.9. The minimum atomic E-state index is -1.13. The third-order valence-electron chi connectivity index (χ3n) is 5.05. The molecule has 0 aliphatic heterocycles. The number of nitrogens with zero attached hydrogens (tertiary/aromatic N) is 1. The van der Waals surface area contributed by atoms with Crippen LogP contribution in [0.3, 0.4) is 0 Å². The predicted octanol–water partition coefficient (Wildman–Crippen LogP) is 3.35. The lowest BCUT2D eigenvalue weighted by Gasteiger charge is -2.43. The summed E-state index contributed by atoms with van der Waals surface area (Å²) in [6, 6.07) is 5.10. The summed E-state index contributed by atoms with van der Waals surface area (Å²) in [7, 11) is 0. The number of alkyl carbamates (subject to hydrolysis) is 1. The van der Waals surface area contributed by atoms with E-state index in [0.29, 0.717) is 5.56 Å². The lowest BCUT2D eigenvalue weighted by molar-refractivity contribution is -0.148. The SMILES string of the molecule is Cc1ccccc1C(C(=O)NC(C)C)N(C(=O)C(CCC(N)=O)NC(=O)OC(C)(C)C)C(C)(C)C. The summed E-state index contributed by atoms with van der Waals surface area (Å²) in [6.07, 6.45) is -0.961. The summed E-state index contributed by atoms with van der Waals surface area (Å²) in [4.78, 5) is 53.1. The first-order chi connectivity index (χ1) is 15.9. The summed E-state index contributed by atoms with van der Waals surface area (Å²) in [5, 5.41) is 5.51. The molecule has 0 aliphatic rings. The second kappa shape index (κ2) is 12.0. The molecule has 0 bridgehead atoms. The van der Waals surface area contributed by atoms with Gasteiger partial charge < -0.3 is 26.0 Å². The molecule has 0 heterocycles. The highest BCUT2D eigenvalue weighted by atomic mass is 16.6. The van der Waals surface area contributed by atoms with Crippen LogP contribution < -0.4 is 16.4 Å². The molecule has 0 saturated heterocycles. The van der Waals surface area contributed by atoms with Gasteiger partial charge in [-0.1, -0.05) is 24.3 Å². The molecular formula is C26H42N4O5. The largest absolute Gasteiger partial charge is 0.444 e. The highest BCUT2D eigenvalue weighted by molar-refractivity contribution is 5.93. The van der Waals surface area contributed by atoms with Gasteiger partial charge >= 0.3 is 6.09 Å². The van der Waals surface area contributed by atoms with Crippen LogP contribution in [0.25, 0.3) is 0 Å². The summed E-state index contributed by atoms with van der Waals surface area (Å²) < 4.78 is 5.34. The number of hydrogen-bond donors (Lipinski definition) is 3. The molecule has 2 atom stereocenters. The highest BCUT2D eigenvalue weighted by Gasteiger charge is 2.42. The van der Waals surface area contributed by atoms with Crippen molar-refractivity contribution < 1.29 is 23.9 Å². The molecule has 0 aromatic heterocycles. The first kappa shape index (κ1) is 29.9. The van der Waals surface area contributed by atoms with Gasteiger partial charge in [0.05, 0.1) is 0 Å². The van der Waals surface area contributed by atoms with Gasteiger partial charge in [0.1, 0.15) is 17.7 Å². The second-order valence-electron chi connectivity index (χ2n) is 11.0. The summed E-state index contributed by atoms with van der Waals surface area (Å²) in [5.41, 5.74) is 5.24. The third kappa shape index (κ3) is 9.58. The molecule has 196 valence electrons. The molecule has 2 unspecified atom stereocenters. The zero-order valence-corrected chi connectivity index (χ0v) is 22.5. The second-order valence-corrected chi connectivity index (χ2v) is 11.0. The number of carbonyl (C=O) groups is 4. The van der Waals surface area contributed by atoms with Crippen molar-refractivity contribution in [3.63, 3.8) is 0 Å². The average molecular weight is 491 g/mol. The molecule has 1 rings (SSSR count). The molecule has 1 aromatic rings. The van der Waals surface area contributed by atoms with Gasteiger partial charge in [-0.05, 0) is 79.9 Å². The molecule has 9 heteroatoms. The van der Waals surface area contributed by atoms with Crippen LogP contribution in [-0.4, -0.2) is 51.9 Å². The maximum absolute atomic E-state index is 14.0. The highest BCUT2D eigenvalue weighted by Crippen LogP contribution is 2.32. The van der Waals surface area contributed by atoms with E-state index in [0.717, 1.165) is 5.56 Å². The minimum Gasteiger partial charge on any atom is -0.444 e. The Kier molecular flexibility index (Phi) is 10.3. The molecule has 0 aliphatic carbocycles. The topological polar surface area (TPSA) is 131 Å². The van der Waals surface area contributed by atoms with Gasteiger partial charge in [0, 0.05) is 18.0 Å². The van der Waals surface area contributed by atoms with E-state index in [-0.39, 0.29) is 24.8 Å². The van der Waals surface area contributed by atoms with E-state index >= 15 is 0 Å². The molecule has 0 saturated carbocycles. The van der Waals surface area contributed by atoms with Gasteiger partial charge in [-0.15, -0.1) is 0 Å². The van der Waals surface area contributed by atoms with Crippen LogP contribution in [0.5, 0.6) is 0 Å². The van der Waals surface area contributed by atoms with Crippen molar-refractivity contribution in [2.75, 3.05) is 0 Å². The Hall–Kier alpha value is -3.10. The van der Waals surface area contributed by atoms with E-state index in [9.17, 15) is 19.2 Å². The Balaban J connectivity index is 3.58. The first-order valence-corrected chi connectivity index (χ1v) is 11.9. The fourth-order valence-electron chi connectivity index (χ4n) is 3.66. The van der Waals surface area contributed by atoms with Gasteiger partial charge in [-0.2, -0.15) is 0 Å². The molecule has 9 nitrogen and oxygen atoms in total. The Morgan fingerprint density at radius 3 is 2.03 bits per heavy atom. The lowest BCUT2D eigenvalue weighted by Crippen LogP contribution is -2.59. The van der Waals surface area contributed by atoms with Crippen LogP contribution in [-0.2, 0) is 19.1 Å². The van der Waals surface area contributed by atoms with Crippen LogP contribution in [0, 0.1) is 6.92 Å². The van der Waals surface area contributed by atoms with Crippen molar-refractivity contribution in [3.8, 4) is 0 Å². The Morgan fingerprint density at radius 1 is 1.00 bits per heavy atom. The number of nitrogens with one attached hydrogen (secondary N) is 2. The molecule has 0 fully saturated rings. The molecule has 0 spiro atoms. The number of amides is 4. The van der Waals surface area contributed by atoms with Crippen LogP contribution >= 0.6 is 0 Å². The van der Waals surface area contributed by atoms with Crippen molar-refractivity contribution in [2.24, 2.45) is 5.73 Å². The number of carbonyl (C=O) groups excluding carboxylic acids is 4. The lowest BCUT2D eigenvalue weighted by atomic mass is 9.92. The van der Waals surface area contributed by atoms with Crippen molar-refractivity contribution in [2.45, 2.75) is 104 Å². The molecule has 4 amide bonds. The summed E-state index contributed by atoms with van der Waals surface area (Å²) in [6.45, 7) is 16.1. The molecule has 1 aromatic carbocycles. The maximum Gasteiger partial charge on any atom is 0.408 e. The number of primary amides is 1. The predicted molar refractivity (Wildman–Crippen MR) is 135 cm³/mol. The Morgan fingerprint density at radius 2 is 1.57 bits per heavy atom. The number of rotatable bonds is 9. The number of benzene rings is 1. The molecular weight excluding hydrogens is 448 g/mol. The standard InChI is InChI=1S/C26H42N4O5/c1-16(2)28-22(32)21(18-13-11-10-12-17(18)3)30(25(4,5)6)23(33)19(14-15-20(27)31)29-24(34)35-26(7,8)9/h10-13,16,19,21H,14-15H2,1-9H3,(H2,27,31)(H,28,32)(H,29,34). The molecule has 4 N–H and O–H groups in total. The van der Waals surface area contributed by atoms with Crippen LogP contribution in [0.2, 0.25) is 0 Å². The normalized spacial score (nSPS) is 13.5. The van der Waals surface area contributed by atoms with Gasteiger partial charge in [-0.3, -0.25) is 14.4 Å². The third-order valence-corrected chi connectivity index (χ3v) is 5.05. The van der Waals surface area contributed by atoms with Crippen molar-refractivity contribution in [1.29, 1.82) is 0 Å². The van der Waals surface area contributed by atoms with E-state index in [1.165, 1.54) is 4.90 Å². The van der Waals surface area contributed by atoms with Crippen molar-refractivity contribution in [1.82, 2.24) is 15.5 Å². The van der Waals surface area contributed by atoms with E-state index in [4.69, 9.17) is 10.5 Å². The maximum atomic E-state index is 14.0. The Labute approximate surface area is 209 Å². The van der Waals surface area contributed by atoms with Gasteiger partial charge in [0.2, 0.25) is 17.7 Å². The van der Waals surface area contributed by atoms with E-state index in [1.807, 2.05) is 65.8 Å². The van der Waals surface area contributed by atoms with Crippen LogP contribution in [0.4, 0.5) is 4.79 Å². The van der Waals surface area contributed by atoms with E-state index in [1.54, 1.807) is 20.8 Å². The fraction of sp³-hybridized carbons (Fsp3) is 0.615. The number of aryl methyl sites for hydroxylation is 1.